The molecule has 11 heteroatoms. The predicted octanol–water partition coefficient (Wildman–Crippen LogP) is 4.95. The van der Waals surface area contributed by atoms with Crippen LogP contribution in [0.2, 0.25) is 0 Å². The fraction of sp³-hybridized carbons (Fsp3) is 0.464. The van der Waals surface area contributed by atoms with Crippen molar-refractivity contribution in [2.45, 2.75) is 49.9 Å². The van der Waals surface area contributed by atoms with E-state index in [1.54, 1.807) is 0 Å². The molecule has 6 nitrogen and oxygen atoms in total. The van der Waals surface area contributed by atoms with Gasteiger partial charge in [-0.2, -0.15) is 0 Å². The highest BCUT2D eigenvalue weighted by Gasteiger charge is 2.56. The molecule has 4 N–H and O–H groups in total. The van der Waals surface area contributed by atoms with Crippen LogP contribution in [0.4, 0.5) is 27.6 Å². The third-order valence-corrected chi connectivity index (χ3v) is 8.27. The molecule has 4 fully saturated rings. The summed E-state index contributed by atoms with van der Waals surface area (Å²) in [5.74, 6) is 3.32. The number of alkyl halides is 3. The SMILES string of the molecule is Nc1cc(F)c(OC(F)(F)F)c(-c2nc(C3CC3)c3c(C4C5CNCC54)c(C#CCO)n(C4CC4)c3c2F)c1. The van der Waals surface area contributed by atoms with Crippen LogP contribution >= 0.6 is 0 Å². The second-order valence-electron chi connectivity index (χ2n) is 10.9. The van der Waals surface area contributed by atoms with Gasteiger partial charge in [-0.05, 0) is 74.1 Å². The van der Waals surface area contributed by atoms with E-state index in [0.29, 0.717) is 34.7 Å². The number of ether oxygens (including phenoxy) is 1. The lowest BCUT2D eigenvalue weighted by Gasteiger charge is -2.17. The van der Waals surface area contributed by atoms with Crippen molar-refractivity contribution in [2.24, 2.45) is 11.8 Å². The van der Waals surface area contributed by atoms with Gasteiger partial charge in [0.2, 0.25) is 0 Å². The Bertz CT molecular complexity index is 1570. The van der Waals surface area contributed by atoms with Gasteiger partial charge in [0.15, 0.2) is 17.4 Å². The van der Waals surface area contributed by atoms with Crippen LogP contribution in [0.15, 0.2) is 12.1 Å². The van der Waals surface area contributed by atoms with E-state index in [1.165, 1.54) is 0 Å². The van der Waals surface area contributed by atoms with E-state index in [2.05, 4.69) is 26.9 Å². The number of nitrogens with two attached hydrogens (primary N) is 1. The zero-order valence-corrected chi connectivity index (χ0v) is 20.7. The highest BCUT2D eigenvalue weighted by Crippen LogP contribution is 2.61. The van der Waals surface area contributed by atoms with Crippen molar-refractivity contribution in [3.63, 3.8) is 0 Å². The number of rotatable bonds is 5. The van der Waals surface area contributed by atoms with E-state index < -0.39 is 35.0 Å². The summed E-state index contributed by atoms with van der Waals surface area (Å²) in [6.07, 6.45) is -2.02. The molecule has 1 aliphatic heterocycles. The van der Waals surface area contributed by atoms with Gasteiger partial charge in [0.05, 0.1) is 22.5 Å². The van der Waals surface area contributed by atoms with E-state index in [-0.39, 0.29) is 35.7 Å². The lowest BCUT2D eigenvalue weighted by molar-refractivity contribution is -0.275. The fourth-order valence-corrected chi connectivity index (χ4v) is 6.38. The van der Waals surface area contributed by atoms with Crippen molar-refractivity contribution in [1.29, 1.82) is 0 Å². The summed E-state index contributed by atoms with van der Waals surface area (Å²) in [7, 11) is 0. The first-order chi connectivity index (χ1) is 18.7. The minimum atomic E-state index is -5.21. The van der Waals surface area contributed by atoms with Crippen LogP contribution < -0.4 is 15.8 Å². The van der Waals surface area contributed by atoms with Crippen molar-refractivity contribution in [2.75, 3.05) is 25.4 Å². The number of fused-ring (bicyclic) bond motifs is 2. The summed E-state index contributed by atoms with van der Waals surface area (Å²) in [5.41, 5.74) is 7.04. The van der Waals surface area contributed by atoms with Crippen molar-refractivity contribution >= 4 is 16.6 Å². The molecule has 1 aromatic carbocycles. The van der Waals surface area contributed by atoms with Crippen molar-refractivity contribution < 1.29 is 31.8 Å². The number of halogens is 5. The zero-order valence-electron chi connectivity index (χ0n) is 20.7. The number of nitrogens with one attached hydrogen (secondary N) is 1. The number of nitrogen functional groups attached to an aromatic ring is 1. The van der Waals surface area contributed by atoms with Gasteiger partial charge in [-0.1, -0.05) is 5.92 Å². The van der Waals surface area contributed by atoms with Gasteiger partial charge >= 0.3 is 6.36 Å². The monoisotopic (exact) mass is 544 g/mol. The van der Waals surface area contributed by atoms with Crippen LogP contribution in [-0.2, 0) is 0 Å². The topological polar surface area (TPSA) is 85.3 Å². The Balaban J connectivity index is 1.55. The lowest BCUT2D eigenvalue weighted by atomic mass is 9.98. The van der Waals surface area contributed by atoms with E-state index in [0.717, 1.165) is 50.4 Å². The van der Waals surface area contributed by atoms with E-state index >= 15 is 4.39 Å². The molecule has 0 amide bonds. The van der Waals surface area contributed by atoms with E-state index in [1.807, 2.05) is 4.57 Å². The number of hydrogen-bond acceptors (Lipinski definition) is 5. The number of piperidine rings is 1. The zero-order chi connectivity index (χ0) is 27.2. The van der Waals surface area contributed by atoms with Gasteiger partial charge in [0, 0.05) is 29.1 Å². The molecule has 39 heavy (non-hydrogen) atoms. The summed E-state index contributed by atoms with van der Waals surface area (Å²) in [6, 6.07) is 1.73. The van der Waals surface area contributed by atoms with Crippen LogP contribution in [0, 0.1) is 35.3 Å². The van der Waals surface area contributed by atoms with Gasteiger partial charge in [-0.25, -0.2) is 13.8 Å². The maximum atomic E-state index is 16.7. The number of aliphatic hydroxyl groups excluding tert-OH is 1. The maximum absolute atomic E-state index is 16.7. The minimum absolute atomic E-state index is 0.00564. The number of aliphatic hydroxyl groups is 1. The molecule has 4 aliphatic rings. The smallest absolute Gasteiger partial charge is 0.402 e. The Morgan fingerprint density at radius 2 is 1.85 bits per heavy atom. The number of aromatic nitrogens is 2. The van der Waals surface area contributed by atoms with Crippen molar-refractivity contribution in [3.05, 3.63) is 40.7 Å². The molecule has 2 atom stereocenters. The number of anilines is 1. The summed E-state index contributed by atoms with van der Waals surface area (Å²) in [4.78, 5) is 4.61. The first-order valence-corrected chi connectivity index (χ1v) is 13.1. The molecular weight excluding hydrogens is 519 g/mol. The maximum Gasteiger partial charge on any atom is 0.573 e. The predicted molar refractivity (Wildman–Crippen MR) is 133 cm³/mol. The molecular formula is C28H25F5N4O2. The van der Waals surface area contributed by atoms with Crippen LogP contribution in [0.3, 0.4) is 0 Å². The van der Waals surface area contributed by atoms with E-state index in [9.17, 15) is 22.7 Å². The molecule has 204 valence electrons. The molecule has 2 unspecified atom stereocenters. The fourth-order valence-electron chi connectivity index (χ4n) is 6.38. The Kier molecular flexibility index (Phi) is 5.42. The van der Waals surface area contributed by atoms with Crippen LogP contribution in [0.1, 0.15) is 60.5 Å². The van der Waals surface area contributed by atoms with E-state index in [4.69, 9.17) is 5.73 Å². The molecule has 7 rings (SSSR count). The Labute approximate surface area is 220 Å². The Morgan fingerprint density at radius 3 is 2.46 bits per heavy atom. The number of benzene rings is 1. The Hall–Kier alpha value is -3.36. The average molecular weight is 545 g/mol. The van der Waals surface area contributed by atoms with Crippen LogP contribution in [0.25, 0.3) is 22.2 Å². The van der Waals surface area contributed by atoms with Gasteiger partial charge in [-0.15, -0.1) is 13.2 Å². The molecule has 0 radical (unpaired) electrons. The first kappa shape index (κ1) is 24.7. The molecule has 3 saturated carbocycles. The van der Waals surface area contributed by atoms with Gasteiger partial charge in [0.25, 0.3) is 0 Å². The highest BCUT2D eigenvalue weighted by molar-refractivity contribution is 5.95. The summed E-state index contributed by atoms with van der Waals surface area (Å²) < 4.78 is 77.2. The summed E-state index contributed by atoms with van der Waals surface area (Å²) in [5, 5.41) is 13.5. The van der Waals surface area contributed by atoms with Crippen molar-refractivity contribution in [1.82, 2.24) is 14.9 Å². The Morgan fingerprint density at radius 1 is 1.13 bits per heavy atom. The van der Waals surface area contributed by atoms with Gasteiger partial charge < -0.3 is 25.5 Å². The molecule has 3 heterocycles. The third kappa shape index (κ3) is 4.03. The quantitative estimate of drug-likeness (QED) is 0.241. The number of nitrogens with zero attached hydrogens (tertiary/aromatic N) is 2. The second-order valence-corrected chi connectivity index (χ2v) is 10.9. The number of hydrogen-bond donors (Lipinski definition) is 3. The minimum Gasteiger partial charge on any atom is -0.402 e. The van der Waals surface area contributed by atoms with Crippen LogP contribution in [0.5, 0.6) is 5.75 Å². The molecule has 3 aromatic rings. The largest absolute Gasteiger partial charge is 0.573 e. The van der Waals surface area contributed by atoms with Crippen molar-refractivity contribution in [3.8, 4) is 28.8 Å². The first-order valence-electron chi connectivity index (χ1n) is 13.1. The molecule has 2 aromatic heterocycles. The summed E-state index contributed by atoms with van der Waals surface area (Å²) >= 11 is 0. The highest BCUT2D eigenvalue weighted by atomic mass is 19.4. The van der Waals surface area contributed by atoms with Crippen LogP contribution in [-0.4, -0.2) is 40.7 Å². The van der Waals surface area contributed by atoms with Gasteiger partial charge in [-0.3, -0.25) is 0 Å². The molecule has 1 saturated heterocycles. The summed E-state index contributed by atoms with van der Waals surface area (Å²) in [6.45, 7) is 1.31. The number of pyridine rings is 1. The molecule has 0 spiro atoms. The second kappa shape index (κ2) is 8.57. The third-order valence-electron chi connectivity index (χ3n) is 8.27. The lowest BCUT2D eigenvalue weighted by Crippen LogP contribution is -2.19. The average Bonchev–Trinajstić information content (AvgIpc) is 3.82. The van der Waals surface area contributed by atoms with Gasteiger partial charge in [0.1, 0.15) is 12.3 Å². The normalized spacial score (nSPS) is 24.0. The standard InChI is InChI=1S/C28H25F5N4O2/c29-18-9-13(34)8-15(27(18)39-28(31,32)33)25-23(30)26-22(24(36-25)12-3-4-12)21(20-16-10-35-11-17(16)20)19(2-1-7-38)37(26)14-5-6-14/h8-9,12,14,16-17,20,35,38H,3-7,10-11,34H2. The molecule has 0 bridgehead atoms. The molecule has 3 aliphatic carbocycles.